The molecule has 0 aromatic carbocycles. The van der Waals surface area contributed by atoms with E-state index in [4.69, 9.17) is 5.73 Å². The number of aromatic nitrogens is 1. The zero-order valence-electron chi connectivity index (χ0n) is 7.98. The molecule has 14 heavy (non-hydrogen) atoms. The maximum atomic E-state index is 9.61. The molecule has 0 radical (unpaired) electrons. The molecular formula is C10H15N3O. The lowest BCUT2D eigenvalue weighted by atomic mass is 10.2. The van der Waals surface area contributed by atoms with Crippen molar-refractivity contribution < 1.29 is 5.11 Å². The van der Waals surface area contributed by atoms with Crippen molar-refractivity contribution in [3.05, 3.63) is 18.3 Å². The second-order valence-corrected chi connectivity index (χ2v) is 3.76. The number of nitrogens with one attached hydrogen (secondary N) is 1. The Balaban J connectivity index is 1.84. The van der Waals surface area contributed by atoms with Gasteiger partial charge in [0.1, 0.15) is 5.82 Å². The SMILES string of the molecule is Nc1cc(NCC(O)C2CC2)ccn1. The number of nitrogen functional groups attached to an aromatic ring is 1. The van der Waals surface area contributed by atoms with E-state index in [0.717, 1.165) is 18.5 Å². The molecule has 4 heteroatoms. The maximum Gasteiger partial charge on any atom is 0.125 e. The molecule has 0 spiro atoms. The third kappa shape index (κ3) is 2.35. The summed E-state index contributed by atoms with van der Waals surface area (Å²) in [5.74, 6) is 0.998. The summed E-state index contributed by atoms with van der Waals surface area (Å²) in [5.41, 5.74) is 6.44. The number of aliphatic hydroxyl groups is 1. The molecule has 1 aliphatic rings. The predicted molar refractivity (Wildman–Crippen MR) is 55.9 cm³/mol. The van der Waals surface area contributed by atoms with Crippen LogP contribution in [-0.4, -0.2) is 22.7 Å². The molecule has 0 amide bonds. The Morgan fingerprint density at radius 1 is 1.64 bits per heavy atom. The lowest BCUT2D eigenvalue weighted by molar-refractivity contribution is 0.164. The minimum Gasteiger partial charge on any atom is -0.391 e. The third-order valence-corrected chi connectivity index (χ3v) is 2.46. The second-order valence-electron chi connectivity index (χ2n) is 3.76. The molecule has 1 heterocycles. The smallest absolute Gasteiger partial charge is 0.125 e. The number of anilines is 2. The molecule has 4 nitrogen and oxygen atoms in total. The second kappa shape index (κ2) is 3.84. The van der Waals surface area contributed by atoms with Gasteiger partial charge in [0.2, 0.25) is 0 Å². The first-order valence-electron chi connectivity index (χ1n) is 4.89. The van der Waals surface area contributed by atoms with Gasteiger partial charge in [-0.05, 0) is 24.8 Å². The molecule has 4 N–H and O–H groups in total. The highest BCUT2D eigenvalue weighted by Gasteiger charge is 2.29. The minimum atomic E-state index is -0.232. The standard InChI is InChI=1S/C10H15N3O/c11-10-5-8(3-4-12-10)13-6-9(14)7-1-2-7/h3-5,7,9,14H,1-2,6H2,(H3,11,12,13). The van der Waals surface area contributed by atoms with Crippen LogP contribution in [0.25, 0.3) is 0 Å². The Kier molecular flexibility index (Phi) is 2.54. The van der Waals surface area contributed by atoms with Crippen molar-refractivity contribution in [2.75, 3.05) is 17.6 Å². The molecule has 0 saturated heterocycles. The van der Waals surface area contributed by atoms with Crippen molar-refractivity contribution in [3.8, 4) is 0 Å². The van der Waals surface area contributed by atoms with Crippen molar-refractivity contribution in [1.29, 1.82) is 0 Å². The van der Waals surface area contributed by atoms with Crippen LogP contribution < -0.4 is 11.1 Å². The van der Waals surface area contributed by atoms with Gasteiger partial charge in [0.25, 0.3) is 0 Å². The predicted octanol–water partition coefficient (Wildman–Crippen LogP) is 0.847. The van der Waals surface area contributed by atoms with E-state index >= 15 is 0 Å². The summed E-state index contributed by atoms with van der Waals surface area (Å²) in [6, 6.07) is 3.61. The van der Waals surface area contributed by atoms with Gasteiger partial charge < -0.3 is 16.2 Å². The molecular weight excluding hydrogens is 178 g/mol. The number of aliphatic hydroxyl groups excluding tert-OH is 1. The van der Waals surface area contributed by atoms with Crippen LogP contribution in [0.4, 0.5) is 11.5 Å². The first kappa shape index (κ1) is 9.27. The number of nitrogens with two attached hydrogens (primary N) is 1. The summed E-state index contributed by atoms with van der Waals surface area (Å²) < 4.78 is 0. The Morgan fingerprint density at radius 3 is 3.07 bits per heavy atom. The highest BCUT2D eigenvalue weighted by molar-refractivity contribution is 5.49. The van der Waals surface area contributed by atoms with Crippen molar-refractivity contribution in [3.63, 3.8) is 0 Å². The Bertz CT molecular complexity index is 312. The highest BCUT2D eigenvalue weighted by Crippen LogP contribution is 2.32. The van der Waals surface area contributed by atoms with E-state index in [1.165, 1.54) is 0 Å². The molecule has 0 aliphatic heterocycles. The first-order chi connectivity index (χ1) is 6.75. The molecule has 1 aromatic rings. The lowest BCUT2D eigenvalue weighted by Gasteiger charge is -2.11. The Labute approximate surface area is 83.2 Å². The summed E-state index contributed by atoms with van der Waals surface area (Å²) in [7, 11) is 0. The quantitative estimate of drug-likeness (QED) is 0.663. The number of hydrogen-bond donors (Lipinski definition) is 3. The van der Waals surface area contributed by atoms with Crippen LogP contribution in [0.2, 0.25) is 0 Å². The molecule has 76 valence electrons. The number of hydrogen-bond acceptors (Lipinski definition) is 4. The normalized spacial score (nSPS) is 17.8. The molecule has 1 aliphatic carbocycles. The van der Waals surface area contributed by atoms with Crippen molar-refractivity contribution >= 4 is 11.5 Å². The average Bonchev–Trinajstić information content (AvgIpc) is 2.97. The maximum absolute atomic E-state index is 9.61. The van der Waals surface area contributed by atoms with E-state index < -0.39 is 0 Å². The zero-order chi connectivity index (χ0) is 9.97. The van der Waals surface area contributed by atoms with Crippen LogP contribution in [-0.2, 0) is 0 Å². The van der Waals surface area contributed by atoms with E-state index in [1.54, 1.807) is 12.3 Å². The molecule has 1 atom stereocenters. The molecule has 1 saturated carbocycles. The fraction of sp³-hybridized carbons (Fsp3) is 0.500. The van der Waals surface area contributed by atoms with Gasteiger partial charge in [-0.1, -0.05) is 0 Å². The highest BCUT2D eigenvalue weighted by atomic mass is 16.3. The summed E-state index contributed by atoms with van der Waals surface area (Å²) in [5, 5.41) is 12.7. The number of pyridine rings is 1. The van der Waals surface area contributed by atoms with Crippen molar-refractivity contribution in [2.45, 2.75) is 18.9 Å². The van der Waals surface area contributed by atoms with E-state index in [-0.39, 0.29) is 6.10 Å². The monoisotopic (exact) mass is 193 g/mol. The van der Waals surface area contributed by atoms with Crippen LogP contribution in [0.15, 0.2) is 18.3 Å². The molecule has 1 aromatic heterocycles. The Hall–Kier alpha value is -1.29. The van der Waals surface area contributed by atoms with Gasteiger partial charge in [-0.2, -0.15) is 0 Å². The lowest BCUT2D eigenvalue weighted by Crippen LogP contribution is -2.21. The van der Waals surface area contributed by atoms with E-state index in [9.17, 15) is 5.11 Å². The molecule has 1 unspecified atom stereocenters. The van der Waals surface area contributed by atoms with Gasteiger partial charge in [-0.15, -0.1) is 0 Å². The van der Waals surface area contributed by atoms with Crippen LogP contribution in [0.1, 0.15) is 12.8 Å². The number of rotatable bonds is 4. The summed E-state index contributed by atoms with van der Waals surface area (Å²) in [6.07, 6.45) is 3.73. The van der Waals surface area contributed by atoms with Gasteiger partial charge in [0.15, 0.2) is 0 Å². The van der Waals surface area contributed by atoms with Gasteiger partial charge in [-0.3, -0.25) is 0 Å². The van der Waals surface area contributed by atoms with Crippen molar-refractivity contribution in [1.82, 2.24) is 4.98 Å². The van der Waals surface area contributed by atoms with Gasteiger partial charge in [0, 0.05) is 24.5 Å². The van der Waals surface area contributed by atoms with Gasteiger partial charge in [-0.25, -0.2) is 4.98 Å². The van der Waals surface area contributed by atoms with Crippen LogP contribution in [0.3, 0.4) is 0 Å². The fourth-order valence-corrected chi connectivity index (χ4v) is 1.43. The third-order valence-electron chi connectivity index (χ3n) is 2.46. The number of nitrogens with zero attached hydrogens (tertiary/aromatic N) is 1. The first-order valence-corrected chi connectivity index (χ1v) is 4.89. The molecule has 2 rings (SSSR count). The molecule has 0 bridgehead atoms. The topological polar surface area (TPSA) is 71.2 Å². The van der Waals surface area contributed by atoms with Gasteiger partial charge >= 0.3 is 0 Å². The fourth-order valence-electron chi connectivity index (χ4n) is 1.43. The largest absolute Gasteiger partial charge is 0.391 e. The Morgan fingerprint density at radius 2 is 2.43 bits per heavy atom. The zero-order valence-corrected chi connectivity index (χ0v) is 7.98. The van der Waals surface area contributed by atoms with Crippen LogP contribution in [0.5, 0.6) is 0 Å². The van der Waals surface area contributed by atoms with E-state index in [1.807, 2.05) is 6.07 Å². The van der Waals surface area contributed by atoms with Crippen LogP contribution in [0, 0.1) is 5.92 Å². The van der Waals surface area contributed by atoms with Crippen molar-refractivity contribution in [2.24, 2.45) is 5.92 Å². The molecule has 1 fully saturated rings. The minimum absolute atomic E-state index is 0.232. The summed E-state index contributed by atoms with van der Waals surface area (Å²) in [4.78, 5) is 3.89. The van der Waals surface area contributed by atoms with E-state index in [0.29, 0.717) is 18.3 Å². The van der Waals surface area contributed by atoms with E-state index in [2.05, 4.69) is 10.3 Å². The average molecular weight is 193 g/mol. The summed E-state index contributed by atoms with van der Waals surface area (Å²) >= 11 is 0. The van der Waals surface area contributed by atoms with Crippen LogP contribution >= 0.6 is 0 Å². The van der Waals surface area contributed by atoms with Gasteiger partial charge in [0.05, 0.1) is 6.10 Å². The summed E-state index contributed by atoms with van der Waals surface area (Å²) in [6.45, 7) is 0.591.